The van der Waals surface area contributed by atoms with Crippen LogP contribution in [0.25, 0.3) is 0 Å². The molecule has 0 saturated heterocycles. The fourth-order valence-electron chi connectivity index (χ4n) is 1.06. The highest BCUT2D eigenvalue weighted by atomic mass is 127. The van der Waals surface area contributed by atoms with Crippen LogP contribution in [0.4, 0.5) is 0 Å². The van der Waals surface area contributed by atoms with Crippen molar-refractivity contribution >= 4 is 41.7 Å². The Hall–Kier alpha value is 0.350. The van der Waals surface area contributed by atoms with Crippen molar-refractivity contribution in [2.75, 3.05) is 32.1 Å². The zero-order valence-corrected chi connectivity index (χ0v) is 12.0. The van der Waals surface area contributed by atoms with Crippen molar-refractivity contribution in [1.29, 1.82) is 0 Å². The van der Waals surface area contributed by atoms with E-state index in [2.05, 4.69) is 21.9 Å². The van der Waals surface area contributed by atoms with Gasteiger partial charge < -0.3 is 10.6 Å². The Morgan fingerprint density at radius 2 is 2.14 bits per heavy atom. The minimum absolute atomic E-state index is 0. The molecule has 1 aliphatic carbocycles. The highest BCUT2D eigenvalue weighted by Crippen LogP contribution is 2.27. The summed E-state index contributed by atoms with van der Waals surface area (Å²) in [6.07, 6.45) is 4.88. The number of aliphatic imine (C=N–C) groups is 1. The minimum atomic E-state index is 0. The summed E-state index contributed by atoms with van der Waals surface area (Å²) in [6.45, 7) is 2.07. The Bertz CT molecular complexity index is 171. The number of nitrogens with zero attached hydrogens (tertiary/aromatic N) is 1. The van der Waals surface area contributed by atoms with Crippen LogP contribution in [-0.2, 0) is 0 Å². The molecule has 0 amide bonds. The lowest BCUT2D eigenvalue weighted by Gasteiger charge is -2.10. The predicted molar refractivity (Wildman–Crippen MR) is 75.9 cm³/mol. The molecule has 84 valence electrons. The first kappa shape index (κ1) is 14.3. The largest absolute Gasteiger partial charge is 0.356 e. The minimum Gasteiger partial charge on any atom is -0.356 e. The van der Waals surface area contributed by atoms with Gasteiger partial charge in [-0.25, -0.2) is 0 Å². The van der Waals surface area contributed by atoms with Crippen LogP contribution in [0.1, 0.15) is 12.8 Å². The second-order valence-corrected chi connectivity index (χ2v) is 4.30. The third-order valence-corrected chi connectivity index (χ3v) is 2.69. The number of hydrogen-bond donors (Lipinski definition) is 2. The van der Waals surface area contributed by atoms with E-state index < -0.39 is 0 Å². The van der Waals surface area contributed by atoms with Gasteiger partial charge in [0.15, 0.2) is 5.96 Å². The Morgan fingerprint density at radius 3 is 2.64 bits per heavy atom. The first-order valence-electron chi connectivity index (χ1n) is 4.80. The van der Waals surface area contributed by atoms with Crippen molar-refractivity contribution in [2.24, 2.45) is 10.9 Å². The normalized spacial score (nSPS) is 16.0. The predicted octanol–water partition coefficient (Wildman–Crippen LogP) is 1.54. The first-order valence-corrected chi connectivity index (χ1v) is 6.19. The molecule has 3 nitrogen and oxygen atoms in total. The maximum absolute atomic E-state index is 4.14. The number of thioether (sulfide) groups is 1. The summed E-state index contributed by atoms with van der Waals surface area (Å²) in [5.74, 6) is 2.98. The smallest absolute Gasteiger partial charge is 0.191 e. The lowest BCUT2D eigenvalue weighted by atomic mass is 10.4. The molecule has 0 unspecified atom stereocenters. The van der Waals surface area contributed by atoms with E-state index in [0.29, 0.717) is 0 Å². The molecule has 2 N–H and O–H groups in total. The van der Waals surface area contributed by atoms with Crippen LogP contribution >= 0.6 is 35.7 Å². The summed E-state index contributed by atoms with van der Waals surface area (Å²) in [4.78, 5) is 4.14. The molecule has 1 aliphatic rings. The first-order chi connectivity index (χ1) is 6.36. The summed E-state index contributed by atoms with van der Waals surface area (Å²) in [5, 5.41) is 6.59. The molecule has 0 radical (unpaired) electrons. The van der Waals surface area contributed by atoms with Crippen molar-refractivity contribution in [2.45, 2.75) is 12.8 Å². The van der Waals surface area contributed by atoms with Crippen LogP contribution in [0, 0.1) is 5.92 Å². The molecular weight excluding hydrogens is 309 g/mol. The molecule has 0 bridgehead atoms. The number of hydrogen-bond acceptors (Lipinski definition) is 2. The number of rotatable bonds is 5. The lowest BCUT2D eigenvalue weighted by molar-refractivity contribution is 0.745. The maximum atomic E-state index is 4.14. The van der Waals surface area contributed by atoms with Gasteiger partial charge in [0.1, 0.15) is 0 Å². The van der Waals surface area contributed by atoms with Gasteiger partial charge in [-0.15, -0.1) is 24.0 Å². The fraction of sp³-hybridized carbons (Fsp3) is 0.889. The quantitative estimate of drug-likeness (QED) is 0.348. The van der Waals surface area contributed by atoms with Crippen molar-refractivity contribution in [1.82, 2.24) is 10.6 Å². The highest BCUT2D eigenvalue weighted by Gasteiger charge is 2.20. The molecule has 0 aliphatic heterocycles. The topological polar surface area (TPSA) is 36.4 Å². The van der Waals surface area contributed by atoms with E-state index in [1.165, 1.54) is 12.8 Å². The fourth-order valence-corrected chi connectivity index (χ4v) is 1.36. The second-order valence-electron chi connectivity index (χ2n) is 3.32. The van der Waals surface area contributed by atoms with Gasteiger partial charge in [0.05, 0.1) is 0 Å². The maximum Gasteiger partial charge on any atom is 0.191 e. The van der Waals surface area contributed by atoms with Gasteiger partial charge in [0.2, 0.25) is 0 Å². The number of nitrogens with one attached hydrogen (secondary N) is 2. The Labute approximate surface area is 108 Å². The van der Waals surface area contributed by atoms with E-state index in [4.69, 9.17) is 0 Å². The zero-order chi connectivity index (χ0) is 9.52. The molecule has 1 fully saturated rings. The van der Waals surface area contributed by atoms with Crippen molar-refractivity contribution in [3.63, 3.8) is 0 Å². The Balaban J connectivity index is 0.00000169. The van der Waals surface area contributed by atoms with Gasteiger partial charge in [-0.05, 0) is 25.0 Å². The van der Waals surface area contributed by atoms with Gasteiger partial charge in [0.25, 0.3) is 0 Å². The third-order valence-electron chi connectivity index (χ3n) is 2.08. The average Bonchev–Trinajstić information content (AvgIpc) is 2.94. The van der Waals surface area contributed by atoms with Crippen LogP contribution in [-0.4, -0.2) is 38.1 Å². The average molecular weight is 329 g/mol. The van der Waals surface area contributed by atoms with Gasteiger partial charge in [-0.3, -0.25) is 4.99 Å². The molecule has 0 aromatic heterocycles. The summed E-state index contributed by atoms with van der Waals surface area (Å²) < 4.78 is 0. The van der Waals surface area contributed by atoms with Crippen molar-refractivity contribution in [3.05, 3.63) is 0 Å². The standard InChI is InChI=1S/C9H19N3S.HI/c1-10-9(11-5-6-13-2)12-7-8-3-4-8;/h8H,3-7H2,1-2H3,(H2,10,11,12);1H. The van der Waals surface area contributed by atoms with E-state index in [-0.39, 0.29) is 24.0 Å². The van der Waals surface area contributed by atoms with Crippen LogP contribution in [0.5, 0.6) is 0 Å². The molecule has 5 heteroatoms. The van der Waals surface area contributed by atoms with Crippen molar-refractivity contribution in [3.8, 4) is 0 Å². The molecule has 1 saturated carbocycles. The summed E-state index contributed by atoms with van der Waals surface area (Å²) in [5.41, 5.74) is 0. The molecule has 0 aromatic carbocycles. The molecule has 0 spiro atoms. The summed E-state index contributed by atoms with van der Waals surface area (Å²) in [6, 6.07) is 0. The van der Waals surface area contributed by atoms with E-state index in [1.807, 2.05) is 18.8 Å². The Morgan fingerprint density at radius 1 is 1.43 bits per heavy atom. The summed E-state index contributed by atoms with van der Waals surface area (Å²) >= 11 is 1.85. The van der Waals surface area contributed by atoms with E-state index >= 15 is 0 Å². The number of halogens is 1. The Kier molecular flexibility index (Phi) is 8.86. The van der Waals surface area contributed by atoms with E-state index in [0.717, 1.165) is 30.7 Å². The third kappa shape index (κ3) is 6.75. The van der Waals surface area contributed by atoms with E-state index in [1.54, 1.807) is 0 Å². The molecule has 14 heavy (non-hydrogen) atoms. The van der Waals surface area contributed by atoms with Gasteiger partial charge >= 0.3 is 0 Å². The molecular formula is C9H20IN3S. The lowest BCUT2D eigenvalue weighted by Crippen LogP contribution is -2.39. The highest BCUT2D eigenvalue weighted by molar-refractivity contribution is 14.0. The SMILES string of the molecule is CN=C(NCCSC)NCC1CC1.I. The van der Waals surface area contributed by atoms with Gasteiger partial charge in [-0.1, -0.05) is 0 Å². The molecule has 0 heterocycles. The second kappa shape index (κ2) is 8.64. The van der Waals surface area contributed by atoms with E-state index in [9.17, 15) is 0 Å². The van der Waals surface area contributed by atoms with Crippen molar-refractivity contribution < 1.29 is 0 Å². The number of guanidine groups is 1. The molecule has 0 atom stereocenters. The summed E-state index contributed by atoms with van der Waals surface area (Å²) in [7, 11) is 1.82. The van der Waals surface area contributed by atoms with Crippen LogP contribution in [0.2, 0.25) is 0 Å². The zero-order valence-electron chi connectivity index (χ0n) is 8.88. The van der Waals surface area contributed by atoms with Crippen LogP contribution in [0.3, 0.4) is 0 Å². The monoisotopic (exact) mass is 329 g/mol. The van der Waals surface area contributed by atoms with Gasteiger partial charge in [0, 0.05) is 25.9 Å². The molecule has 1 rings (SSSR count). The van der Waals surface area contributed by atoms with Gasteiger partial charge in [-0.2, -0.15) is 11.8 Å². The van der Waals surface area contributed by atoms with Crippen LogP contribution < -0.4 is 10.6 Å². The molecule has 0 aromatic rings. The van der Waals surface area contributed by atoms with Crippen LogP contribution in [0.15, 0.2) is 4.99 Å².